The fraction of sp³-hybridized carbons (Fsp3) is 0.333. The number of ether oxygens (including phenoxy) is 1. The number of anilines is 2. The van der Waals surface area contributed by atoms with Gasteiger partial charge in [-0.05, 0) is 49.2 Å². The highest BCUT2D eigenvalue weighted by Gasteiger charge is 2.44. The average Bonchev–Trinajstić information content (AvgIpc) is 2.67. The van der Waals surface area contributed by atoms with Gasteiger partial charge in [-0.2, -0.15) is 0 Å². The Labute approximate surface area is 170 Å². The Morgan fingerprint density at radius 1 is 0.933 bits per heavy atom. The molecule has 1 aliphatic carbocycles. The number of carboxylic acids is 1. The van der Waals surface area contributed by atoms with Crippen LogP contribution in [0.15, 0.2) is 36.4 Å². The third-order valence-corrected chi connectivity index (χ3v) is 5.42. The molecule has 0 radical (unpaired) electrons. The Morgan fingerprint density at radius 2 is 1.47 bits per heavy atom. The summed E-state index contributed by atoms with van der Waals surface area (Å²) in [5.74, 6) is -1.94. The first-order chi connectivity index (χ1) is 14.0. The summed E-state index contributed by atoms with van der Waals surface area (Å²) < 4.78 is 41.0. The van der Waals surface area contributed by atoms with E-state index >= 15 is 0 Å². The van der Waals surface area contributed by atoms with Crippen LogP contribution in [0.1, 0.15) is 58.4 Å². The number of carboxylic acid groups (broad SMARTS) is 1. The minimum absolute atomic E-state index is 0.0826. The third kappa shape index (κ3) is 4.19. The van der Waals surface area contributed by atoms with Crippen molar-refractivity contribution in [2.45, 2.75) is 43.9 Å². The van der Waals surface area contributed by atoms with Gasteiger partial charge in [0.25, 0.3) is 0 Å². The maximum absolute atomic E-state index is 13.6. The molecule has 1 saturated carbocycles. The van der Waals surface area contributed by atoms with E-state index in [1.54, 1.807) is 0 Å². The first-order valence-electron chi connectivity index (χ1n) is 9.37. The summed E-state index contributed by atoms with van der Waals surface area (Å²) in [5, 5.41) is 9.22. The van der Waals surface area contributed by atoms with Crippen molar-refractivity contribution < 1.29 is 32.6 Å². The van der Waals surface area contributed by atoms with E-state index < -0.39 is 23.5 Å². The van der Waals surface area contributed by atoms with E-state index in [2.05, 4.69) is 4.74 Å². The van der Waals surface area contributed by atoms with Gasteiger partial charge in [0, 0.05) is 22.5 Å². The Morgan fingerprint density at radius 3 is 1.93 bits per heavy atom. The lowest BCUT2D eigenvalue weighted by atomic mass is 9.64. The van der Waals surface area contributed by atoms with E-state index in [9.17, 15) is 27.9 Å². The van der Waals surface area contributed by atoms with Crippen molar-refractivity contribution in [2.75, 3.05) is 11.5 Å². The summed E-state index contributed by atoms with van der Waals surface area (Å²) >= 11 is 0. The second kappa shape index (κ2) is 7.89. The molecule has 2 aromatic rings. The van der Waals surface area contributed by atoms with Crippen LogP contribution in [0.3, 0.4) is 0 Å². The molecule has 0 atom stereocenters. The van der Waals surface area contributed by atoms with Crippen LogP contribution >= 0.6 is 0 Å². The van der Waals surface area contributed by atoms with E-state index in [1.807, 2.05) is 0 Å². The first-order valence-corrected chi connectivity index (χ1v) is 9.37. The predicted molar refractivity (Wildman–Crippen MR) is 104 cm³/mol. The third-order valence-electron chi connectivity index (χ3n) is 5.42. The van der Waals surface area contributed by atoms with Crippen LogP contribution in [0.4, 0.5) is 24.5 Å². The molecule has 3 rings (SSSR count). The van der Waals surface area contributed by atoms with Crippen molar-refractivity contribution in [2.24, 2.45) is 0 Å². The SMILES string of the molecule is Nc1cc(C(=O)O)cc(N)c1C1(C(=O)c2ccc(OC(F)(F)F)cc2)CCCCC1. The zero-order valence-electron chi connectivity index (χ0n) is 16.0. The van der Waals surface area contributed by atoms with Crippen LogP contribution < -0.4 is 16.2 Å². The molecular formula is C21H21F3N2O4. The van der Waals surface area contributed by atoms with E-state index in [4.69, 9.17) is 11.5 Å². The zero-order valence-corrected chi connectivity index (χ0v) is 16.0. The number of ketones is 1. The van der Waals surface area contributed by atoms with Gasteiger partial charge in [-0.25, -0.2) is 4.79 Å². The summed E-state index contributed by atoms with van der Waals surface area (Å²) in [6.45, 7) is 0. The minimum atomic E-state index is -4.83. The van der Waals surface area contributed by atoms with Crippen LogP contribution in [0.25, 0.3) is 0 Å². The van der Waals surface area contributed by atoms with Gasteiger partial charge >= 0.3 is 12.3 Å². The number of hydrogen-bond donors (Lipinski definition) is 3. The summed E-state index contributed by atoms with van der Waals surface area (Å²) in [4.78, 5) is 24.8. The molecule has 5 N–H and O–H groups in total. The molecule has 0 heterocycles. The Balaban J connectivity index is 2.04. The van der Waals surface area contributed by atoms with Crippen LogP contribution in [-0.2, 0) is 5.41 Å². The lowest BCUT2D eigenvalue weighted by Crippen LogP contribution is -2.39. The highest BCUT2D eigenvalue weighted by Crippen LogP contribution is 2.47. The molecule has 30 heavy (non-hydrogen) atoms. The Bertz CT molecular complexity index is 942. The molecule has 0 unspecified atom stereocenters. The molecule has 0 saturated heterocycles. The number of halogens is 3. The Kier molecular flexibility index (Phi) is 5.65. The van der Waals surface area contributed by atoms with Gasteiger partial charge in [0.15, 0.2) is 5.78 Å². The number of Topliss-reactive ketones (excluding diaryl/α,β-unsaturated/α-hetero) is 1. The first kappa shape index (κ1) is 21.5. The molecule has 0 bridgehead atoms. The van der Waals surface area contributed by atoms with Crippen LogP contribution in [0.2, 0.25) is 0 Å². The normalized spacial score (nSPS) is 16.1. The predicted octanol–water partition coefficient (Wildman–Crippen LogP) is 4.53. The lowest BCUT2D eigenvalue weighted by Gasteiger charge is -2.38. The van der Waals surface area contributed by atoms with Crippen molar-refractivity contribution in [3.05, 3.63) is 53.1 Å². The number of hydrogen-bond acceptors (Lipinski definition) is 5. The highest BCUT2D eigenvalue weighted by atomic mass is 19.4. The van der Waals surface area contributed by atoms with Gasteiger partial charge in [-0.15, -0.1) is 13.2 Å². The number of nitrogen functional groups attached to an aromatic ring is 2. The fourth-order valence-electron chi connectivity index (χ4n) is 4.19. The zero-order chi connectivity index (χ0) is 22.1. The summed E-state index contributed by atoms with van der Waals surface area (Å²) in [7, 11) is 0. The topological polar surface area (TPSA) is 116 Å². The van der Waals surface area contributed by atoms with Crippen molar-refractivity contribution in [3.63, 3.8) is 0 Å². The van der Waals surface area contributed by atoms with Gasteiger partial charge in [0.2, 0.25) is 0 Å². The number of carbonyl (C=O) groups excluding carboxylic acids is 1. The standard InChI is InChI=1S/C21H21F3N2O4/c22-21(23,24)30-14-6-4-12(5-7-14)18(27)20(8-2-1-3-9-20)17-15(25)10-13(19(28)29)11-16(17)26/h4-7,10-11H,1-3,8-9,25-26H2,(H,28,29). The van der Waals surface area contributed by atoms with Gasteiger partial charge in [0.1, 0.15) is 5.75 Å². The smallest absolute Gasteiger partial charge is 0.478 e. The molecular weight excluding hydrogens is 401 g/mol. The maximum Gasteiger partial charge on any atom is 0.573 e. The number of rotatable bonds is 5. The molecule has 1 fully saturated rings. The molecule has 6 nitrogen and oxygen atoms in total. The number of carbonyl (C=O) groups is 2. The van der Waals surface area contributed by atoms with Crippen LogP contribution in [0, 0.1) is 0 Å². The number of alkyl halides is 3. The van der Waals surface area contributed by atoms with Gasteiger partial charge < -0.3 is 21.3 Å². The van der Waals surface area contributed by atoms with E-state index in [0.717, 1.165) is 31.4 Å². The molecule has 1 aliphatic rings. The van der Waals surface area contributed by atoms with Crippen LogP contribution in [0.5, 0.6) is 5.75 Å². The van der Waals surface area contributed by atoms with Gasteiger partial charge in [0.05, 0.1) is 11.0 Å². The molecule has 9 heteroatoms. The summed E-state index contributed by atoms with van der Waals surface area (Å²) in [5.41, 5.74) is 11.9. The van der Waals surface area contributed by atoms with E-state index in [0.29, 0.717) is 18.4 Å². The van der Waals surface area contributed by atoms with Crippen LogP contribution in [-0.4, -0.2) is 23.2 Å². The summed E-state index contributed by atoms with van der Waals surface area (Å²) in [6.07, 6.45) is -1.53. The van der Waals surface area contributed by atoms with Gasteiger partial charge in [-0.3, -0.25) is 4.79 Å². The second-order valence-corrected chi connectivity index (χ2v) is 7.38. The van der Waals surface area contributed by atoms with Crippen molar-refractivity contribution in [1.82, 2.24) is 0 Å². The fourth-order valence-corrected chi connectivity index (χ4v) is 4.19. The quantitative estimate of drug-likeness (QED) is 0.482. The van der Waals surface area contributed by atoms with Crippen molar-refractivity contribution in [1.29, 1.82) is 0 Å². The maximum atomic E-state index is 13.6. The van der Waals surface area contributed by atoms with E-state index in [-0.39, 0.29) is 28.3 Å². The number of aromatic carboxylic acids is 1. The molecule has 0 amide bonds. The number of benzene rings is 2. The lowest BCUT2D eigenvalue weighted by molar-refractivity contribution is -0.274. The van der Waals surface area contributed by atoms with E-state index in [1.165, 1.54) is 24.3 Å². The molecule has 160 valence electrons. The van der Waals surface area contributed by atoms with Crippen molar-refractivity contribution in [3.8, 4) is 5.75 Å². The number of nitrogens with two attached hydrogens (primary N) is 2. The second-order valence-electron chi connectivity index (χ2n) is 7.38. The molecule has 2 aromatic carbocycles. The monoisotopic (exact) mass is 422 g/mol. The Hall–Kier alpha value is -3.23. The average molecular weight is 422 g/mol. The largest absolute Gasteiger partial charge is 0.573 e. The summed E-state index contributed by atoms with van der Waals surface area (Å²) in [6, 6.07) is 7.26. The van der Waals surface area contributed by atoms with Gasteiger partial charge in [-0.1, -0.05) is 19.3 Å². The molecule has 0 spiro atoms. The molecule has 0 aromatic heterocycles. The highest BCUT2D eigenvalue weighted by molar-refractivity contribution is 6.06. The molecule has 0 aliphatic heterocycles. The minimum Gasteiger partial charge on any atom is -0.478 e. The van der Waals surface area contributed by atoms with Crippen molar-refractivity contribution >= 4 is 23.1 Å².